The summed E-state index contributed by atoms with van der Waals surface area (Å²) in [7, 11) is 1.68. The Morgan fingerprint density at radius 2 is 1.80 bits per heavy atom. The number of nitrogens with one attached hydrogen (secondary N) is 1. The van der Waals surface area contributed by atoms with Gasteiger partial charge in [-0.2, -0.15) is 0 Å². The second-order valence-electron chi connectivity index (χ2n) is 5.65. The van der Waals surface area contributed by atoms with Crippen LogP contribution in [0.2, 0.25) is 0 Å². The van der Waals surface area contributed by atoms with Gasteiger partial charge in [-0.15, -0.1) is 0 Å². The van der Waals surface area contributed by atoms with Gasteiger partial charge in [-0.1, -0.05) is 43.5 Å². The van der Waals surface area contributed by atoms with E-state index in [1.165, 1.54) is 6.42 Å². The van der Waals surface area contributed by atoms with Crippen molar-refractivity contribution < 1.29 is 9.53 Å². The molecule has 0 radical (unpaired) electrons. The zero-order valence-corrected chi connectivity index (χ0v) is 12.2. The van der Waals surface area contributed by atoms with Crippen LogP contribution >= 0.6 is 0 Å². The van der Waals surface area contributed by atoms with E-state index in [2.05, 4.69) is 5.32 Å². The maximum Gasteiger partial charge on any atom is 0.240 e. The highest BCUT2D eigenvalue weighted by Gasteiger charge is 2.34. The highest BCUT2D eigenvalue weighted by Crippen LogP contribution is 2.26. The van der Waals surface area contributed by atoms with Crippen LogP contribution in [0.3, 0.4) is 0 Å². The highest BCUT2D eigenvalue weighted by molar-refractivity contribution is 5.86. The fourth-order valence-corrected chi connectivity index (χ4v) is 2.69. The van der Waals surface area contributed by atoms with Gasteiger partial charge in [0.15, 0.2) is 0 Å². The summed E-state index contributed by atoms with van der Waals surface area (Å²) in [6.07, 6.45) is 4.88. The number of methoxy groups -OCH3 is 1. The molecule has 20 heavy (non-hydrogen) atoms. The lowest BCUT2D eigenvalue weighted by molar-refractivity contribution is -0.127. The lowest BCUT2D eigenvalue weighted by Crippen LogP contribution is -2.54. The molecular formula is C16H24N2O2. The molecule has 110 valence electrons. The van der Waals surface area contributed by atoms with Crippen molar-refractivity contribution in [2.45, 2.75) is 50.8 Å². The van der Waals surface area contributed by atoms with Crippen LogP contribution in [0, 0.1) is 0 Å². The van der Waals surface area contributed by atoms with Crippen LogP contribution in [-0.4, -0.2) is 18.6 Å². The summed E-state index contributed by atoms with van der Waals surface area (Å²) in [4.78, 5) is 12.2. The molecule has 0 heterocycles. The van der Waals surface area contributed by atoms with E-state index >= 15 is 0 Å². The predicted molar refractivity (Wildman–Crippen MR) is 79.0 cm³/mol. The van der Waals surface area contributed by atoms with Crippen molar-refractivity contribution in [1.29, 1.82) is 0 Å². The zero-order chi connectivity index (χ0) is 14.4. The Morgan fingerprint density at radius 1 is 1.20 bits per heavy atom. The minimum absolute atomic E-state index is 0.0156. The number of amides is 1. The Kier molecular flexibility index (Phi) is 5.15. The molecule has 1 aromatic rings. The molecule has 1 aliphatic rings. The van der Waals surface area contributed by atoms with E-state index in [1.807, 2.05) is 24.3 Å². The Hall–Kier alpha value is -1.39. The van der Waals surface area contributed by atoms with Crippen LogP contribution in [-0.2, 0) is 22.7 Å². The van der Waals surface area contributed by atoms with Crippen LogP contribution in [0.1, 0.15) is 43.2 Å². The Balaban J connectivity index is 1.86. The summed E-state index contributed by atoms with van der Waals surface area (Å²) in [6, 6.07) is 8.06. The number of ether oxygens (including phenoxy) is 1. The molecule has 4 heteroatoms. The number of carbonyl (C=O) groups excluding carboxylic acids is 1. The molecule has 2 rings (SSSR count). The molecule has 1 aliphatic carbocycles. The monoisotopic (exact) mass is 276 g/mol. The number of benzene rings is 1. The molecule has 0 saturated heterocycles. The molecule has 1 fully saturated rings. The van der Waals surface area contributed by atoms with Crippen molar-refractivity contribution >= 4 is 5.91 Å². The zero-order valence-electron chi connectivity index (χ0n) is 12.2. The average molecular weight is 276 g/mol. The summed E-state index contributed by atoms with van der Waals surface area (Å²) < 4.78 is 5.07. The Bertz CT molecular complexity index is 436. The lowest BCUT2D eigenvalue weighted by Gasteiger charge is -2.31. The molecular weight excluding hydrogens is 252 g/mol. The van der Waals surface area contributed by atoms with Crippen molar-refractivity contribution in [2.75, 3.05) is 7.11 Å². The fraction of sp³-hybridized carbons (Fsp3) is 0.562. The van der Waals surface area contributed by atoms with E-state index < -0.39 is 5.54 Å². The quantitative estimate of drug-likeness (QED) is 0.865. The molecule has 0 aliphatic heterocycles. The van der Waals surface area contributed by atoms with Gasteiger partial charge < -0.3 is 15.8 Å². The first-order chi connectivity index (χ1) is 9.64. The summed E-state index contributed by atoms with van der Waals surface area (Å²) in [6.45, 7) is 1.14. The van der Waals surface area contributed by atoms with Crippen LogP contribution in [0.25, 0.3) is 0 Å². The van der Waals surface area contributed by atoms with E-state index in [9.17, 15) is 4.79 Å². The van der Waals surface area contributed by atoms with Gasteiger partial charge in [-0.3, -0.25) is 4.79 Å². The van der Waals surface area contributed by atoms with Crippen LogP contribution in [0.4, 0.5) is 0 Å². The van der Waals surface area contributed by atoms with Crippen LogP contribution in [0.15, 0.2) is 24.3 Å². The molecule has 0 bridgehead atoms. The van der Waals surface area contributed by atoms with Gasteiger partial charge in [0.2, 0.25) is 5.91 Å². The predicted octanol–water partition coefficient (Wildman–Crippen LogP) is 2.11. The summed E-state index contributed by atoms with van der Waals surface area (Å²) >= 11 is 0. The normalized spacial score (nSPS) is 17.7. The van der Waals surface area contributed by atoms with Crippen LogP contribution in [0.5, 0.6) is 0 Å². The Morgan fingerprint density at radius 3 is 2.40 bits per heavy atom. The first-order valence-corrected chi connectivity index (χ1v) is 7.28. The molecule has 0 aromatic heterocycles. The first kappa shape index (κ1) is 15.0. The van der Waals surface area contributed by atoms with E-state index in [1.54, 1.807) is 7.11 Å². The van der Waals surface area contributed by atoms with Gasteiger partial charge in [0.25, 0.3) is 0 Å². The van der Waals surface area contributed by atoms with E-state index in [0.717, 1.165) is 36.8 Å². The average Bonchev–Trinajstić information content (AvgIpc) is 2.47. The number of hydrogen-bond donors (Lipinski definition) is 2. The van der Waals surface area contributed by atoms with Crippen LogP contribution < -0.4 is 11.1 Å². The standard InChI is InChI=1S/C16H24N2O2/c1-20-12-14-7-5-13(6-8-14)11-18-15(19)16(17)9-3-2-4-10-16/h5-8H,2-4,9-12,17H2,1H3,(H,18,19). The molecule has 1 saturated carbocycles. The van der Waals surface area contributed by atoms with Gasteiger partial charge in [-0.25, -0.2) is 0 Å². The maximum atomic E-state index is 12.2. The molecule has 0 spiro atoms. The largest absolute Gasteiger partial charge is 0.380 e. The first-order valence-electron chi connectivity index (χ1n) is 7.28. The summed E-state index contributed by atoms with van der Waals surface area (Å²) in [5, 5.41) is 2.97. The third kappa shape index (κ3) is 3.81. The van der Waals surface area contributed by atoms with Gasteiger partial charge in [0.1, 0.15) is 0 Å². The van der Waals surface area contributed by atoms with Crippen molar-refractivity contribution in [3.05, 3.63) is 35.4 Å². The maximum absolute atomic E-state index is 12.2. The van der Waals surface area contributed by atoms with Gasteiger partial charge in [0.05, 0.1) is 12.1 Å². The van der Waals surface area contributed by atoms with E-state index in [4.69, 9.17) is 10.5 Å². The molecule has 1 amide bonds. The topological polar surface area (TPSA) is 64.3 Å². The number of hydrogen-bond acceptors (Lipinski definition) is 3. The van der Waals surface area contributed by atoms with E-state index in [0.29, 0.717) is 13.2 Å². The van der Waals surface area contributed by atoms with E-state index in [-0.39, 0.29) is 5.91 Å². The smallest absolute Gasteiger partial charge is 0.240 e. The summed E-state index contributed by atoms with van der Waals surface area (Å²) in [5.74, 6) is -0.0156. The third-order valence-electron chi connectivity index (χ3n) is 3.99. The Labute approximate surface area is 120 Å². The fourth-order valence-electron chi connectivity index (χ4n) is 2.69. The number of nitrogens with two attached hydrogens (primary N) is 1. The molecule has 4 nitrogen and oxygen atoms in total. The summed E-state index contributed by atoms with van der Waals surface area (Å²) in [5.41, 5.74) is 7.75. The molecule has 0 atom stereocenters. The molecule has 0 unspecified atom stereocenters. The molecule has 3 N–H and O–H groups in total. The minimum atomic E-state index is -0.658. The van der Waals surface area contributed by atoms with Crippen molar-refractivity contribution in [1.82, 2.24) is 5.32 Å². The van der Waals surface area contributed by atoms with Crippen molar-refractivity contribution in [3.63, 3.8) is 0 Å². The minimum Gasteiger partial charge on any atom is -0.380 e. The number of carbonyl (C=O) groups is 1. The van der Waals surface area contributed by atoms with Gasteiger partial charge in [0, 0.05) is 13.7 Å². The highest BCUT2D eigenvalue weighted by atomic mass is 16.5. The molecule has 1 aromatic carbocycles. The lowest BCUT2D eigenvalue weighted by atomic mass is 9.82. The number of rotatable bonds is 5. The second kappa shape index (κ2) is 6.86. The second-order valence-corrected chi connectivity index (χ2v) is 5.65. The van der Waals surface area contributed by atoms with Crippen molar-refractivity contribution in [3.8, 4) is 0 Å². The van der Waals surface area contributed by atoms with Gasteiger partial charge in [-0.05, 0) is 24.0 Å². The third-order valence-corrected chi connectivity index (χ3v) is 3.99. The SMILES string of the molecule is COCc1ccc(CNC(=O)C2(N)CCCCC2)cc1. The van der Waals surface area contributed by atoms with Crippen molar-refractivity contribution in [2.24, 2.45) is 5.73 Å². The van der Waals surface area contributed by atoms with Gasteiger partial charge >= 0.3 is 0 Å².